The Morgan fingerprint density at radius 1 is 1.10 bits per heavy atom. The van der Waals surface area contributed by atoms with Crippen LogP contribution in [0.25, 0.3) is 0 Å². The summed E-state index contributed by atoms with van der Waals surface area (Å²) in [7, 11) is 0. The number of hydrogen-bond donors (Lipinski definition) is 2. The molecule has 0 atom stereocenters. The normalized spacial score (nSPS) is 10.2. The van der Waals surface area contributed by atoms with Gasteiger partial charge in [-0.05, 0) is 55.3 Å². The molecule has 4 heteroatoms. The minimum absolute atomic E-state index is 0.168. The molecule has 2 rings (SSSR count). The van der Waals surface area contributed by atoms with Crippen LogP contribution in [0.3, 0.4) is 0 Å². The number of aryl methyl sites for hydroxylation is 1. The molecule has 0 spiro atoms. The molecule has 0 heterocycles. The zero-order valence-electron chi connectivity index (χ0n) is 11.5. The van der Waals surface area contributed by atoms with Crippen LogP contribution in [0, 0.1) is 19.7 Å². The Hall–Kier alpha value is -2.36. The van der Waals surface area contributed by atoms with E-state index in [0.717, 1.165) is 11.3 Å². The largest absolute Gasteiger partial charge is 0.376 e. The molecule has 20 heavy (non-hydrogen) atoms. The lowest BCUT2D eigenvalue weighted by molar-refractivity contribution is -0.114. The van der Waals surface area contributed by atoms with Crippen molar-refractivity contribution in [2.75, 3.05) is 17.2 Å². The molecular weight excluding hydrogens is 255 g/mol. The zero-order valence-corrected chi connectivity index (χ0v) is 11.5. The van der Waals surface area contributed by atoms with Gasteiger partial charge < -0.3 is 10.6 Å². The highest BCUT2D eigenvalue weighted by Gasteiger charge is 2.04. The molecule has 2 N–H and O–H groups in total. The fraction of sp³-hybridized carbons (Fsp3) is 0.188. The van der Waals surface area contributed by atoms with Crippen molar-refractivity contribution in [2.24, 2.45) is 0 Å². The van der Waals surface area contributed by atoms with Crippen molar-refractivity contribution in [3.05, 3.63) is 59.4 Å². The first-order valence-corrected chi connectivity index (χ1v) is 6.42. The van der Waals surface area contributed by atoms with Crippen molar-refractivity contribution >= 4 is 17.3 Å². The van der Waals surface area contributed by atoms with E-state index in [1.807, 2.05) is 32.0 Å². The van der Waals surface area contributed by atoms with E-state index in [1.165, 1.54) is 29.8 Å². The first kappa shape index (κ1) is 14.1. The van der Waals surface area contributed by atoms with Crippen LogP contribution in [0.4, 0.5) is 15.8 Å². The van der Waals surface area contributed by atoms with Gasteiger partial charge in [0.25, 0.3) is 0 Å². The minimum Gasteiger partial charge on any atom is -0.376 e. The highest BCUT2D eigenvalue weighted by atomic mass is 19.1. The van der Waals surface area contributed by atoms with E-state index in [-0.39, 0.29) is 18.3 Å². The molecule has 0 aliphatic carbocycles. The van der Waals surface area contributed by atoms with Crippen LogP contribution < -0.4 is 10.6 Å². The van der Waals surface area contributed by atoms with Crippen LogP contribution in [0.2, 0.25) is 0 Å². The maximum Gasteiger partial charge on any atom is 0.243 e. The van der Waals surface area contributed by atoms with Gasteiger partial charge in [0.1, 0.15) is 5.82 Å². The SMILES string of the molecule is Cc1cccc(NCC(=O)Nc2ccc(F)cc2)c1C. The molecular formula is C16H17FN2O. The third-order valence-corrected chi connectivity index (χ3v) is 3.17. The third kappa shape index (κ3) is 3.57. The number of anilines is 2. The minimum atomic E-state index is -0.323. The molecule has 0 radical (unpaired) electrons. The van der Waals surface area contributed by atoms with Gasteiger partial charge in [-0.1, -0.05) is 12.1 Å². The third-order valence-electron chi connectivity index (χ3n) is 3.17. The standard InChI is InChI=1S/C16H17FN2O/c1-11-4-3-5-15(12(11)2)18-10-16(20)19-14-8-6-13(17)7-9-14/h3-9,18H,10H2,1-2H3,(H,19,20). The van der Waals surface area contributed by atoms with E-state index in [1.54, 1.807) is 0 Å². The van der Waals surface area contributed by atoms with Crippen molar-refractivity contribution < 1.29 is 9.18 Å². The van der Waals surface area contributed by atoms with Crippen molar-refractivity contribution in [1.29, 1.82) is 0 Å². The molecule has 0 saturated carbocycles. The first-order valence-electron chi connectivity index (χ1n) is 6.42. The smallest absolute Gasteiger partial charge is 0.243 e. The predicted octanol–water partition coefficient (Wildman–Crippen LogP) is 3.49. The first-order chi connectivity index (χ1) is 9.56. The summed E-state index contributed by atoms with van der Waals surface area (Å²) in [5.41, 5.74) is 3.83. The monoisotopic (exact) mass is 272 g/mol. The summed E-state index contributed by atoms with van der Waals surface area (Å²) >= 11 is 0. The fourth-order valence-electron chi connectivity index (χ4n) is 1.86. The molecule has 1 amide bonds. The molecule has 0 aliphatic rings. The quantitative estimate of drug-likeness (QED) is 0.894. The number of hydrogen-bond acceptors (Lipinski definition) is 2. The molecule has 0 unspecified atom stereocenters. The lowest BCUT2D eigenvalue weighted by Gasteiger charge is -2.11. The second kappa shape index (κ2) is 6.19. The van der Waals surface area contributed by atoms with Gasteiger partial charge in [0.2, 0.25) is 5.91 Å². The molecule has 2 aromatic carbocycles. The molecule has 0 fully saturated rings. The van der Waals surface area contributed by atoms with E-state index >= 15 is 0 Å². The number of nitrogens with one attached hydrogen (secondary N) is 2. The van der Waals surface area contributed by atoms with Gasteiger partial charge in [-0.3, -0.25) is 4.79 Å². The average molecular weight is 272 g/mol. The average Bonchev–Trinajstić information content (AvgIpc) is 2.43. The van der Waals surface area contributed by atoms with E-state index in [2.05, 4.69) is 10.6 Å². The highest BCUT2D eigenvalue weighted by molar-refractivity contribution is 5.93. The Kier molecular flexibility index (Phi) is 4.35. The number of benzene rings is 2. The zero-order chi connectivity index (χ0) is 14.5. The van der Waals surface area contributed by atoms with Gasteiger partial charge >= 0.3 is 0 Å². The summed E-state index contributed by atoms with van der Waals surface area (Å²) in [6, 6.07) is 11.6. The van der Waals surface area contributed by atoms with E-state index in [9.17, 15) is 9.18 Å². The molecule has 0 aliphatic heterocycles. The van der Waals surface area contributed by atoms with E-state index in [0.29, 0.717) is 5.69 Å². The Balaban J connectivity index is 1.92. The summed E-state index contributed by atoms with van der Waals surface area (Å²) in [6.07, 6.45) is 0. The van der Waals surface area contributed by atoms with Crippen molar-refractivity contribution in [3.63, 3.8) is 0 Å². The summed E-state index contributed by atoms with van der Waals surface area (Å²) in [5.74, 6) is -0.492. The summed E-state index contributed by atoms with van der Waals surface area (Å²) in [5, 5.41) is 5.80. The lowest BCUT2D eigenvalue weighted by atomic mass is 10.1. The van der Waals surface area contributed by atoms with Crippen molar-refractivity contribution in [3.8, 4) is 0 Å². The van der Waals surface area contributed by atoms with Crippen LogP contribution in [0.1, 0.15) is 11.1 Å². The number of rotatable bonds is 4. The number of carbonyl (C=O) groups is 1. The van der Waals surface area contributed by atoms with Crippen LogP contribution >= 0.6 is 0 Å². The van der Waals surface area contributed by atoms with Crippen LogP contribution in [-0.4, -0.2) is 12.5 Å². The fourth-order valence-corrected chi connectivity index (χ4v) is 1.86. The van der Waals surface area contributed by atoms with E-state index in [4.69, 9.17) is 0 Å². The summed E-state index contributed by atoms with van der Waals surface area (Å²) in [6.45, 7) is 4.20. The van der Waals surface area contributed by atoms with Crippen molar-refractivity contribution in [1.82, 2.24) is 0 Å². The molecule has 0 saturated heterocycles. The Morgan fingerprint density at radius 2 is 1.80 bits per heavy atom. The second-order valence-electron chi connectivity index (χ2n) is 4.66. The summed E-state index contributed by atoms with van der Waals surface area (Å²) < 4.78 is 12.8. The molecule has 2 aromatic rings. The Labute approximate surface area is 117 Å². The number of amides is 1. The van der Waals surface area contributed by atoms with Crippen LogP contribution in [0.15, 0.2) is 42.5 Å². The predicted molar refractivity (Wildman–Crippen MR) is 79.4 cm³/mol. The van der Waals surface area contributed by atoms with Gasteiger partial charge in [0.15, 0.2) is 0 Å². The summed E-state index contributed by atoms with van der Waals surface area (Å²) in [4.78, 5) is 11.8. The van der Waals surface area contributed by atoms with Crippen LogP contribution in [-0.2, 0) is 4.79 Å². The van der Waals surface area contributed by atoms with Gasteiger partial charge in [-0.15, -0.1) is 0 Å². The molecule has 0 bridgehead atoms. The maximum atomic E-state index is 12.8. The van der Waals surface area contributed by atoms with Gasteiger partial charge in [-0.2, -0.15) is 0 Å². The van der Waals surface area contributed by atoms with Gasteiger partial charge in [0.05, 0.1) is 6.54 Å². The maximum absolute atomic E-state index is 12.8. The Bertz CT molecular complexity index is 608. The molecule has 3 nitrogen and oxygen atoms in total. The van der Waals surface area contributed by atoms with Crippen LogP contribution in [0.5, 0.6) is 0 Å². The molecule has 0 aromatic heterocycles. The van der Waals surface area contributed by atoms with Crippen molar-refractivity contribution in [2.45, 2.75) is 13.8 Å². The Morgan fingerprint density at radius 3 is 2.50 bits per heavy atom. The second-order valence-corrected chi connectivity index (χ2v) is 4.66. The lowest BCUT2D eigenvalue weighted by Crippen LogP contribution is -2.22. The highest BCUT2D eigenvalue weighted by Crippen LogP contribution is 2.17. The molecule has 104 valence electrons. The topological polar surface area (TPSA) is 41.1 Å². The van der Waals surface area contributed by atoms with Gasteiger partial charge in [0, 0.05) is 11.4 Å². The number of carbonyl (C=O) groups excluding carboxylic acids is 1. The van der Waals surface area contributed by atoms with Gasteiger partial charge in [-0.25, -0.2) is 4.39 Å². The number of halogens is 1. The van der Waals surface area contributed by atoms with E-state index < -0.39 is 0 Å².